The standard InChI is InChI=1S/C17H17ClN2O4/c1-2-17(16(22)23,11-5-7-12(18)8-6-11)20-14(21)13-9-19-15(24-13)10-3-4-10/h5-10H,2-4H2,1H3,(H,20,21)(H,22,23). The fourth-order valence-electron chi connectivity index (χ4n) is 2.59. The van der Waals surface area contributed by atoms with Gasteiger partial charge in [0.25, 0.3) is 5.91 Å². The molecular formula is C17H17ClN2O4. The minimum absolute atomic E-state index is 0.0185. The summed E-state index contributed by atoms with van der Waals surface area (Å²) < 4.78 is 5.46. The van der Waals surface area contributed by atoms with Gasteiger partial charge in [0.15, 0.2) is 11.4 Å². The third-order valence-electron chi connectivity index (χ3n) is 4.23. The smallest absolute Gasteiger partial charge is 0.334 e. The highest BCUT2D eigenvalue weighted by Gasteiger charge is 2.41. The van der Waals surface area contributed by atoms with Crippen LogP contribution < -0.4 is 5.32 Å². The number of carboxylic acids is 1. The molecule has 2 aromatic rings. The minimum atomic E-state index is -1.56. The van der Waals surface area contributed by atoms with E-state index in [9.17, 15) is 14.7 Å². The Hall–Kier alpha value is -2.34. The summed E-state index contributed by atoms with van der Waals surface area (Å²) in [5.74, 6) is -0.927. The van der Waals surface area contributed by atoms with E-state index in [-0.39, 0.29) is 18.1 Å². The fraction of sp³-hybridized carbons (Fsp3) is 0.353. The lowest BCUT2D eigenvalue weighted by Gasteiger charge is -2.29. The van der Waals surface area contributed by atoms with Crippen molar-refractivity contribution in [1.29, 1.82) is 0 Å². The third kappa shape index (κ3) is 3.01. The first kappa shape index (κ1) is 16.5. The van der Waals surface area contributed by atoms with Gasteiger partial charge in [-0.25, -0.2) is 9.78 Å². The molecule has 1 fully saturated rings. The van der Waals surface area contributed by atoms with E-state index in [1.165, 1.54) is 6.20 Å². The number of carboxylic acid groups (broad SMARTS) is 1. The molecule has 1 amide bonds. The Morgan fingerprint density at radius 1 is 1.38 bits per heavy atom. The molecule has 0 radical (unpaired) electrons. The Balaban J connectivity index is 1.89. The van der Waals surface area contributed by atoms with Crippen molar-refractivity contribution in [2.45, 2.75) is 37.6 Å². The van der Waals surface area contributed by atoms with Crippen molar-refractivity contribution in [3.05, 3.63) is 52.7 Å². The number of amides is 1. The zero-order valence-electron chi connectivity index (χ0n) is 13.1. The van der Waals surface area contributed by atoms with Gasteiger partial charge >= 0.3 is 5.97 Å². The Morgan fingerprint density at radius 3 is 2.58 bits per heavy atom. The summed E-state index contributed by atoms with van der Waals surface area (Å²) in [7, 11) is 0. The maximum Gasteiger partial charge on any atom is 0.334 e. The van der Waals surface area contributed by atoms with Crippen LogP contribution >= 0.6 is 11.6 Å². The predicted octanol–water partition coefficient (Wildman–Crippen LogP) is 3.33. The second-order valence-electron chi connectivity index (χ2n) is 5.86. The molecule has 2 N–H and O–H groups in total. The number of aliphatic carboxylic acids is 1. The quantitative estimate of drug-likeness (QED) is 0.835. The lowest BCUT2D eigenvalue weighted by molar-refractivity contribution is -0.145. The number of oxazole rings is 1. The normalized spacial score (nSPS) is 16.4. The molecular weight excluding hydrogens is 332 g/mol. The molecule has 1 heterocycles. The first-order valence-electron chi connectivity index (χ1n) is 7.74. The summed E-state index contributed by atoms with van der Waals surface area (Å²) >= 11 is 5.87. The maximum absolute atomic E-state index is 12.5. The van der Waals surface area contributed by atoms with Crippen molar-refractivity contribution in [1.82, 2.24) is 10.3 Å². The largest absolute Gasteiger partial charge is 0.479 e. The highest BCUT2D eigenvalue weighted by Crippen LogP contribution is 2.39. The van der Waals surface area contributed by atoms with E-state index < -0.39 is 17.4 Å². The van der Waals surface area contributed by atoms with Gasteiger partial charge in [-0.15, -0.1) is 0 Å². The summed E-state index contributed by atoms with van der Waals surface area (Å²) in [6.07, 6.45) is 3.51. The van der Waals surface area contributed by atoms with Gasteiger partial charge in [-0.1, -0.05) is 30.7 Å². The van der Waals surface area contributed by atoms with Gasteiger partial charge in [-0.2, -0.15) is 0 Å². The van der Waals surface area contributed by atoms with Gasteiger partial charge < -0.3 is 14.8 Å². The van der Waals surface area contributed by atoms with E-state index in [1.54, 1.807) is 31.2 Å². The van der Waals surface area contributed by atoms with E-state index in [4.69, 9.17) is 16.0 Å². The number of carbonyl (C=O) groups is 2. The number of rotatable bonds is 6. The van der Waals surface area contributed by atoms with Crippen molar-refractivity contribution >= 4 is 23.5 Å². The third-order valence-corrected chi connectivity index (χ3v) is 4.49. The van der Waals surface area contributed by atoms with Crippen LogP contribution in [0, 0.1) is 0 Å². The predicted molar refractivity (Wildman–Crippen MR) is 87.0 cm³/mol. The Bertz CT molecular complexity index is 767. The zero-order valence-corrected chi connectivity index (χ0v) is 13.8. The van der Waals surface area contributed by atoms with Crippen LogP contribution in [-0.4, -0.2) is 22.0 Å². The van der Waals surface area contributed by atoms with Gasteiger partial charge in [-0.3, -0.25) is 4.79 Å². The van der Waals surface area contributed by atoms with Crippen LogP contribution in [0.5, 0.6) is 0 Å². The summed E-state index contributed by atoms with van der Waals surface area (Å²) in [6.45, 7) is 1.69. The van der Waals surface area contributed by atoms with Gasteiger partial charge in [0.1, 0.15) is 0 Å². The Kier molecular flexibility index (Phi) is 4.32. The van der Waals surface area contributed by atoms with Crippen molar-refractivity contribution in [3.8, 4) is 0 Å². The van der Waals surface area contributed by atoms with Gasteiger partial charge in [0, 0.05) is 10.9 Å². The van der Waals surface area contributed by atoms with Crippen LogP contribution in [0.2, 0.25) is 5.02 Å². The van der Waals surface area contributed by atoms with Crippen LogP contribution in [0.15, 0.2) is 34.9 Å². The number of benzene rings is 1. The van der Waals surface area contributed by atoms with E-state index in [1.807, 2.05) is 0 Å². The fourth-order valence-corrected chi connectivity index (χ4v) is 2.72. The molecule has 1 aliphatic rings. The molecule has 0 aliphatic heterocycles. The van der Waals surface area contributed by atoms with Crippen LogP contribution in [0.3, 0.4) is 0 Å². The highest BCUT2D eigenvalue weighted by atomic mass is 35.5. The van der Waals surface area contributed by atoms with E-state index in [0.29, 0.717) is 16.5 Å². The monoisotopic (exact) mass is 348 g/mol. The topological polar surface area (TPSA) is 92.4 Å². The van der Waals surface area contributed by atoms with Crippen molar-refractivity contribution in [2.75, 3.05) is 0 Å². The molecule has 0 bridgehead atoms. The summed E-state index contributed by atoms with van der Waals surface area (Å²) in [4.78, 5) is 28.5. The molecule has 1 aromatic heterocycles. The van der Waals surface area contributed by atoms with Crippen LogP contribution in [0.1, 0.15) is 54.1 Å². The highest BCUT2D eigenvalue weighted by molar-refractivity contribution is 6.30. The van der Waals surface area contributed by atoms with Gasteiger partial charge in [-0.05, 0) is 37.0 Å². The number of nitrogens with one attached hydrogen (secondary N) is 1. The van der Waals surface area contributed by atoms with E-state index in [2.05, 4.69) is 10.3 Å². The molecule has 3 rings (SSSR count). The van der Waals surface area contributed by atoms with Crippen LogP contribution in [-0.2, 0) is 10.3 Å². The lowest BCUT2D eigenvalue weighted by atomic mass is 9.87. The number of aromatic nitrogens is 1. The molecule has 0 saturated heterocycles. The summed E-state index contributed by atoms with van der Waals surface area (Å²) in [6, 6.07) is 6.37. The molecule has 0 spiro atoms. The molecule has 7 heteroatoms. The second kappa shape index (κ2) is 6.28. The Morgan fingerprint density at radius 2 is 2.04 bits per heavy atom. The molecule has 1 aliphatic carbocycles. The number of hydrogen-bond donors (Lipinski definition) is 2. The SMILES string of the molecule is CCC(NC(=O)c1cnc(C2CC2)o1)(C(=O)O)c1ccc(Cl)cc1. The lowest BCUT2D eigenvalue weighted by Crippen LogP contribution is -2.51. The van der Waals surface area contributed by atoms with Gasteiger partial charge in [0.2, 0.25) is 5.76 Å². The molecule has 126 valence electrons. The molecule has 1 saturated carbocycles. The summed E-state index contributed by atoms with van der Waals surface area (Å²) in [5, 5.41) is 12.8. The van der Waals surface area contributed by atoms with Crippen LogP contribution in [0.4, 0.5) is 0 Å². The molecule has 6 nitrogen and oxygen atoms in total. The number of nitrogens with zero attached hydrogens (tertiary/aromatic N) is 1. The average molecular weight is 349 g/mol. The maximum atomic E-state index is 12.5. The van der Waals surface area contributed by atoms with E-state index >= 15 is 0 Å². The zero-order chi connectivity index (χ0) is 17.3. The molecule has 1 atom stereocenters. The first-order chi connectivity index (χ1) is 11.5. The number of hydrogen-bond acceptors (Lipinski definition) is 4. The number of halogens is 1. The van der Waals surface area contributed by atoms with Crippen LogP contribution in [0.25, 0.3) is 0 Å². The van der Waals surface area contributed by atoms with Crippen molar-refractivity contribution in [2.24, 2.45) is 0 Å². The number of carbonyl (C=O) groups excluding carboxylic acids is 1. The second-order valence-corrected chi connectivity index (χ2v) is 6.30. The molecule has 1 unspecified atom stereocenters. The average Bonchev–Trinajstić information content (AvgIpc) is 3.30. The van der Waals surface area contributed by atoms with Gasteiger partial charge in [0.05, 0.1) is 6.20 Å². The Labute approximate surface area is 143 Å². The summed E-state index contributed by atoms with van der Waals surface area (Å²) in [5.41, 5.74) is -1.12. The molecule has 1 aromatic carbocycles. The van der Waals surface area contributed by atoms with Crippen molar-refractivity contribution in [3.63, 3.8) is 0 Å². The minimum Gasteiger partial charge on any atom is -0.479 e. The first-order valence-corrected chi connectivity index (χ1v) is 8.11. The van der Waals surface area contributed by atoms with E-state index in [0.717, 1.165) is 12.8 Å². The molecule has 24 heavy (non-hydrogen) atoms. The van der Waals surface area contributed by atoms with Crippen molar-refractivity contribution < 1.29 is 19.1 Å².